The Balaban J connectivity index is 1.59. The summed E-state index contributed by atoms with van der Waals surface area (Å²) in [5.74, 6) is -1.10. The second-order valence-corrected chi connectivity index (χ2v) is 10.1. The van der Waals surface area contributed by atoms with Gasteiger partial charge in [-0.05, 0) is 30.3 Å². The van der Waals surface area contributed by atoms with Crippen molar-refractivity contribution >= 4 is 39.1 Å². The van der Waals surface area contributed by atoms with Gasteiger partial charge in [-0.15, -0.1) is 5.10 Å². The summed E-state index contributed by atoms with van der Waals surface area (Å²) in [5, 5.41) is 6.74. The lowest BCUT2D eigenvalue weighted by Gasteiger charge is -2.48. The average Bonchev–Trinajstić information content (AvgIpc) is 3.15. The SMILES string of the molecule is Cn1cnc(S(=O)(=O)N2CC(CNC(=O)c3ccc(Cl)cc3Cl)(c3ncccc3F)C2)n1. The Morgan fingerprint density at radius 3 is 2.62 bits per heavy atom. The van der Waals surface area contributed by atoms with E-state index in [1.54, 1.807) is 7.05 Å². The minimum atomic E-state index is -3.98. The van der Waals surface area contributed by atoms with Crippen LogP contribution in [0.3, 0.4) is 0 Å². The smallest absolute Gasteiger partial charge is 0.282 e. The number of carbonyl (C=O) groups is 1. The molecule has 32 heavy (non-hydrogen) atoms. The molecule has 1 fully saturated rings. The molecule has 1 aliphatic heterocycles. The van der Waals surface area contributed by atoms with Crippen LogP contribution in [-0.2, 0) is 22.5 Å². The first-order valence-electron chi connectivity index (χ1n) is 9.32. The van der Waals surface area contributed by atoms with Crippen LogP contribution in [0.5, 0.6) is 0 Å². The summed E-state index contributed by atoms with van der Waals surface area (Å²) in [6, 6.07) is 7.10. The molecule has 0 aliphatic carbocycles. The predicted molar refractivity (Wildman–Crippen MR) is 114 cm³/mol. The highest BCUT2D eigenvalue weighted by Gasteiger charge is 2.52. The fourth-order valence-electron chi connectivity index (χ4n) is 3.49. The third kappa shape index (κ3) is 4.08. The molecule has 0 atom stereocenters. The van der Waals surface area contributed by atoms with Gasteiger partial charge in [0.2, 0.25) is 0 Å². The summed E-state index contributed by atoms with van der Waals surface area (Å²) in [5.41, 5.74) is -0.834. The van der Waals surface area contributed by atoms with Gasteiger partial charge in [0, 0.05) is 37.9 Å². The van der Waals surface area contributed by atoms with Crippen LogP contribution in [-0.4, -0.2) is 58.0 Å². The van der Waals surface area contributed by atoms with E-state index in [1.807, 2.05) is 0 Å². The van der Waals surface area contributed by atoms with Crippen molar-refractivity contribution < 1.29 is 17.6 Å². The summed E-state index contributed by atoms with van der Waals surface area (Å²) in [7, 11) is -2.44. The predicted octanol–water partition coefficient (Wildman–Crippen LogP) is 2.03. The molecule has 1 amide bonds. The highest BCUT2D eigenvalue weighted by Crippen LogP contribution is 2.37. The number of sulfonamides is 1. The Bertz CT molecular complexity index is 1290. The van der Waals surface area contributed by atoms with Crippen LogP contribution >= 0.6 is 23.2 Å². The summed E-state index contributed by atoms with van der Waals surface area (Å²) < 4.78 is 42.6. The number of carbonyl (C=O) groups excluding carboxylic acids is 1. The second-order valence-electron chi connectivity index (χ2n) is 7.39. The maximum Gasteiger partial charge on any atom is 0.282 e. The zero-order valence-electron chi connectivity index (χ0n) is 16.7. The number of rotatable bonds is 6. The van der Waals surface area contributed by atoms with E-state index >= 15 is 0 Å². The zero-order valence-corrected chi connectivity index (χ0v) is 19.0. The van der Waals surface area contributed by atoms with Crippen molar-refractivity contribution in [3.05, 3.63) is 70.0 Å². The Kier molecular flexibility index (Phi) is 5.93. The van der Waals surface area contributed by atoms with Crippen molar-refractivity contribution in [1.82, 2.24) is 29.4 Å². The van der Waals surface area contributed by atoms with E-state index in [1.165, 1.54) is 47.5 Å². The molecule has 1 N–H and O–H groups in total. The number of amides is 1. The molecule has 0 spiro atoms. The molecule has 1 saturated heterocycles. The van der Waals surface area contributed by atoms with E-state index in [9.17, 15) is 17.6 Å². The molecule has 0 bridgehead atoms. The highest BCUT2D eigenvalue weighted by molar-refractivity contribution is 7.89. The normalized spacial score (nSPS) is 15.9. The van der Waals surface area contributed by atoms with Gasteiger partial charge in [-0.3, -0.25) is 14.5 Å². The van der Waals surface area contributed by atoms with Gasteiger partial charge >= 0.3 is 0 Å². The molecule has 0 saturated carbocycles. The van der Waals surface area contributed by atoms with E-state index in [0.717, 1.165) is 4.31 Å². The Hall–Kier alpha value is -2.60. The minimum Gasteiger partial charge on any atom is -0.351 e. The molecule has 1 aliphatic rings. The van der Waals surface area contributed by atoms with E-state index in [0.29, 0.717) is 5.02 Å². The molecule has 9 nitrogen and oxygen atoms in total. The lowest BCUT2D eigenvalue weighted by molar-refractivity contribution is 0.0894. The molecule has 13 heteroatoms. The third-order valence-corrected chi connectivity index (χ3v) is 7.27. The van der Waals surface area contributed by atoms with Gasteiger partial charge in [0.15, 0.2) is 0 Å². The molecule has 3 heterocycles. The summed E-state index contributed by atoms with van der Waals surface area (Å²) >= 11 is 12.0. The van der Waals surface area contributed by atoms with Crippen LogP contribution in [0.2, 0.25) is 10.0 Å². The summed E-state index contributed by atoms with van der Waals surface area (Å²) in [6.45, 7) is -0.299. The number of hydrogen-bond donors (Lipinski definition) is 1. The summed E-state index contributed by atoms with van der Waals surface area (Å²) in [4.78, 5) is 20.6. The van der Waals surface area contributed by atoms with E-state index in [4.69, 9.17) is 23.2 Å². The van der Waals surface area contributed by atoms with E-state index in [2.05, 4.69) is 20.4 Å². The molecule has 1 aromatic carbocycles. The van der Waals surface area contributed by atoms with Crippen molar-refractivity contribution in [1.29, 1.82) is 0 Å². The molecular formula is C19H17Cl2FN6O3S. The van der Waals surface area contributed by atoms with Crippen LogP contribution in [0.1, 0.15) is 16.1 Å². The summed E-state index contributed by atoms with van der Waals surface area (Å²) in [6.07, 6.45) is 2.68. The second kappa shape index (κ2) is 8.39. The number of benzene rings is 1. The molecule has 4 rings (SSSR count). The highest BCUT2D eigenvalue weighted by atomic mass is 35.5. The first-order chi connectivity index (χ1) is 15.1. The number of hydrogen-bond acceptors (Lipinski definition) is 6. The van der Waals surface area contributed by atoms with Crippen LogP contribution in [0.25, 0.3) is 0 Å². The average molecular weight is 499 g/mol. The molecule has 3 aromatic rings. The van der Waals surface area contributed by atoms with Crippen molar-refractivity contribution in [3.8, 4) is 0 Å². The van der Waals surface area contributed by atoms with Crippen molar-refractivity contribution in [2.45, 2.75) is 10.6 Å². The first-order valence-corrected chi connectivity index (χ1v) is 11.5. The first kappa shape index (κ1) is 22.6. The fraction of sp³-hybridized carbons (Fsp3) is 0.263. The van der Waals surface area contributed by atoms with Gasteiger partial charge < -0.3 is 5.32 Å². The number of halogens is 3. The van der Waals surface area contributed by atoms with Crippen LogP contribution in [0.4, 0.5) is 4.39 Å². The lowest BCUT2D eigenvalue weighted by atomic mass is 9.77. The molecule has 0 radical (unpaired) electrons. The molecule has 0 unspecified atom stereocenters. The largest absolute Gasteiger partial charge is 0.351 e. The zero-order chi connectivity index (χ0) is 23.1. The van der Waals surface area contributed by atoms with Crippen LogP contribution in [0, 0.1) is 5.82 Å². The number of pyridine rings is 1. The maximum absolute atomic E-state index is 14.6. The van der Waals surface area contributed by atoms with Crippen molar-refractivity contribution in [3.63, 3.8) is 0 Å². The van der Waals surface area contributed by atoms with Gasteiger partial charge in [0.05, 0.1) is 21.7 Å². The van der Waals surface area contributed by atoms with Crippen molar-refractivity contribution in [2.75, 3.05) is 19.6 Å². The van der Waals surface area contributed by atoms with E-state index < -0.39 is 27.2 Å². The number of aryl methyl sites for hydroxylation is 1. The molecule has 2 aromatic heterocycles. The topological polar surface area (TPSA) is 110 Å². The number of nitrogens with zero attached hydrogens (tertiary/aromatic N) is 5. The molecular weight excluding hydrogens is 482 g/mol. The number of aromatic nitrogens is 4. The van der Waals surface area contributed by atoms with Crippen LogP contribution in [0.15, 0.2) is 48.0 Å². The van der Waals surface area contributed by atoms with Crippen molar-refractivity contribution in [2.24, 2.45) is 7.05 Å². The quantitative estimate of drug-likeness (QED) is 0.556. The fourth-order valence-corrected chi connectivity index (χ4v) is 5.46. The standard InChI is InChI=1S/C19H17Cl2FN6O3S/c1-27-11-25-18(26-27)32(30,31)28-9-19(10-28,16-15(22)3-2-6-23-16)8-24-17(29)13-5-4-12(20)7-14(13)21/h2-7,11H,8-10H2,1H3,(H,24,29). The Labute approximate surface area is 193 Å². The minimum absolute atomic E-state index is 0.0583. The van der Waals surface area contributed by atoms with E-state index in [-0.39, 0.29) is 41.1 Å². The van der Waals surface area contributed by atoms with Gasteiger partial charge in [-0.2, -0.15) is 4.31 Å². The van der Waals surface area contributed by atoms with Crippen LogP contribution < -0.4 is 5.32 Å². The Morgan fingerprint density at radius 1 is 1.25 bits per heavy atom. The van der Waals surface area contributed by atoms with Gasteiger partial charge in [-0.1, -0.05) is 23.2 Å². The lowest BCUT2D eigenvalue weighted by Crippen LogP contribution is -2.65. The monoisotopic (exact) mass is 498 g/mol. The van der Waals surface area contributed by atoms with Gasteiger partial charge in [0.25, 0.3) is 21.1 Å². The maximum atomic E-state index is 14.6. The molecule has 168 valence electrons. The van der Waals surface area contributed by atoms with Gasteiger partial charge in [-0.25, -0.2) is 17.8 Å². The Morgan fingerprint density at radius 2 is 2.00 bits per heavy atom. The number of nitrogens with one attached hydrogen (secondary N) is 1. The van der Waals surface area contributed by atoms with Gasteiger partial charge in [0.1, 0.15) is 12.1 Å². The third-order valence-electron chi connectivity index (χ3n) is 5.13.